The highest BCUT2D eigenvalue weighted by Gasteiger charge is 2.31. The number of phenolic OH excluding ortho intramolecular Hbond substituents is 3. The number of nitrogens with one attached hydrogen (secondary N) is 1. The molecule has 0 saturated heterocycles. The molecule has 0 atom stereocenters. The molecule has 0 aromatic heterocycles. The van der Waals surface area contributed by atoms with Crippen LogP contribution in [0.4, 0.5) is 0 Å². The van der Waals surface area contributed by atoms with Crippen molar-refractivity contribution in [3.8, 4) is 17.2 Å². The number of rotatable bonds is 3. The Balaban J connectivity index is 3.00. The average molecular weight is 269 g/mol. The zero-order valence-corrected chi connectivity index (χ0v) is 10.7. The Bertz CT molecular complexity index is 500. The number of esters is 1. The van der Waals surface area contributed by atoms with Gasteiger partial charge in [0.25, 0.3) is 5.91 Å². The second-order valence-electron chi connectivity index (χ2n) is 4.43. The number of carbonyl (C=O) groups is 2. The van der Waals surface area contributed by atoms with Crippen LogP contribution in [0.25, 0.3) is 0 Å². The van der Waals surface area contributed by atoms with Crippen molar-refractivity contribution < 1.29 is 29.6 Å². The molecule has 0 aliphatic carbocycles. The van der Waals surface area contributed by atoms with Gasteiger partial charge in [0.1, 0.15) is 5.54 Å². The van der Waals surface area contributed by atoms with E-state index >= 15 is 0 Å². The van der Waals surface area contributed by atoms with E-state index in [-0.39, 0.29) is 5.56 Å². The number of ether oxygens (including phenoxy) is 1. The van der Waals surface area contributed by atoms with Gasteiger partial charge in [-0.2, -0.15) is 0 Å². The van der Waals surface area contributed by atoms with E-state index in [1.54, 1.807) is 0 Å². The maximum atomic E-state index is 11.9. The van der Waals surface area contributed by atoms with Crippen LogP contribution in [0, 0.1) is 0 Å². The molecule has 104 valence electrons. The first-order valence-electron chi connectivity index (χ1n) is 5.35. The Kier molecular flexibility index (Phi) is 3.89. The van der Waals surface area contributed by atoms with Crippen molar-refractivity contribution in [2.24, 2.45) is 0 Å². The first kappa shape index (κ1) is 14.6. The molecule has 7 nitrogen and oxygen atoms in total. The van der Waals surface area contributed by atoms with Crippen LogP contribution < -0.4 is 5.32 Å². The number of hydrogen-bond donors (Lipinski definition) is 4. The highest BCUT2D eigenvalue weighted by Crippen LogP contribution is 2.35. The molecule has 0 fully saturated rings. The number of benzene rings is 1. The minimum atomic E-state index is -1.27. The lowest BCUT2D eigenvalue weighted by molar-refractivity contribution is -0.146. The molecule has 0 spiro atoms. The van der Waals surface area contributed by atoms with Crippen molar-refractivity contribution in [3.05, 3.63) is 17.7 Å². The predicted molar refractivity (Wildman–Crippen MR) is 65.0 cm³/mol. The molecular weight excluding hydrogens is 254 g/mol. The standard InChI is InChI=1S/C12H15NO6/c1-12(2,11(18)19-3)13-10(17)6-4-7(14)9(16)8(15)5-6/h4-5,14-16H,1-3H3,(H,13,17). The lowest BCUT2D eigenvalue weighted by atomic mass is 10.0. The maximum Gasteiger partial charge on any atom is 0.330 e. The third-order valence-electron chi connectivity index (χ3n) is 2.45. The van der Waals surface area contributed by atoms with Gasteiger partial charge in [-0.15, -0.1) is 0 Å². The van der Waals surface area contributed by atoms with Crippen LogP contribution in [0.2, 0.25) is 0 Å². The summed E-state index contributed by atoms with van der Waals surface area (Å²) in [5, 5.41) is 30.1. The molecule has 1 aromatic rings. The molecule has 0 heterocycles. The summed E-state index contributed by atoms with van der Waals surface area (Å²) in [4.78, 5) is 23.3. The van der Waals surface area contributed by atoms with E-state index in [1.165, 1.54) is 21.0 Å². The fraction of sp³-hybridized carbons (Fsp3) is 0.333. The van der Waals surface area contributed by atoms with Crippen molar-refractivity contribution >= 4 is 11.9 Å². The summed E-state index contributed by atoms with van der Waals surface area (Å²) in [6, 6.07) is 1.94. The maximum absolute atomic E-state index is 11.9. The summed E-state index contributed by atoms with van der Waals surface area (Å²) in [7, 11) is 1.19. The molecule has 7 heteroatoms. The van der Waals surface area contributed by atoms with E-state index < -0.39 is 34.7 Å². The van der Waals surface area contributed by atoms with Gasteiger partial charge in [0, 0.05) is 5.56 Å². The smallest absolute Gasteiger partial charge is 0.330 e. The Morgan fingerprint density at radius 3 is 2.05 bits per heavy atom. The van der Waals surface area contributed by atoms with Gasteiger partial charge in [-0.25, -0.2) is 4.79 Å². The molecule has 4 N–H and O–H groups in total. The van der Waals surface area contributed by atoms with Crippen LogP contribution in [0.15, 0.2) is 12.1 Å². The van der Waals surface area contributed by atoms with E-state index in [4.69, 9.17) is 5.11 Å². The van der Waals surface area contributed by atoms with Crippen LogP contribution in [-0.2, 0) is 9.53 Å². The lowest BCUT2D eigenvalue weighted by Gasteiger charge is -2.23. The van der Waals surface area contributed by atoms with Crippen molar-refractivity contribution in [1.29, 1.82) is 0 Å². The highest BCUT2D eigenvalue weighted by molar-refractivity contribution is 5.98. The van der Waals surface area contributed by atoms with Crippen molar-refractivity contribution in [2.45, 2.75) is 19.4 Å². The highest BCUT2D eigenvalue weighted by atomic mass is 16.5. The largest absolute Gasteiger partial charge is 0.504 e. The summed E-state index contributed by atoms with van der Waals surface area (Å²) < 4.78 is 4.53. The lowest BCUT2D eigenvalue weighted by Crippen LogP contribution is -2.50. The van der Waals surface area contributed by atoms with Gasteiger partial charge >= 0.3 is 5.97 Å². The van der Waals surface area contributed by atoms with E-state index in [1.807, 2.05) is 0 Å². The quantitative estimate of drug-likeness (QED) is 0.468. The SMILES string of the molecule is COC(=O)C(C)(C)NC(=O)c1cc(O)c(O)c(O)c1. The van der Waals surface area contributed by atoms with Crippen LogP contribution in [0.5, 0.6) is 17.2 Å². The monoisotopic (exact) mass is 269 g/mol. The summed E-state index contributed by atoms with van der Waals surface area (Å²) in [5.41, 5.74) is -1.38. The second kappa shape index (κ2) is 5.05. The van der Waals surface area contributed by atoms with E-state index in [0.29, 0.717) is 0 Å². The number of phenols is 3. The van der Waals surface area contributed by atoms with Gasteiger partial charge in [-0.1, -0.05) is 0 Å². The molecule has 0 bridgehead atoms. The zero-order chi connectivity index (χ0) is 14.8. The Morgan fingerprint density at radius 1 is 1.16 bits per heavy atom. The summed E-state index contributed by atoms with van der Waals surface area (Å²) in [6.07, 6.45) is 0. The Hall–Kier alpha value is -2.44. The summed E-state index contributed by atoms with van der Waals surface area (Å²) in [5.74, 6) is -3.35. The molecule has 0 radical (unpaired) electrons. The first-order chi connectivity index (χ1) is 8.69. The molecule has 1 rings (SSSR count). The number of methoxy groups -OCH3 is 1. The number of amides is 1. The molecule has 1 amide bonds. The summed E-state index contributed by atoms with van der Waals surface area (Å²) >= 11 is 0. The van der Waals surface area contributed by atoms with E-state index in [9.17, 15) is 19.8 Å². The molecule has 19 heavy (non-hydrogen) atoms. The molecular formula is C12H15NO6. The molecule has 0 aliphatic rings. The predicted octanol–water partition coefficient (Wildman–Crippen LogP) is 0.485. The third kappa shape index (κ3) is 3.06. The van der Waals surface area contributed by atoms with Gasteiger partial charge in [-0.05, 0) is 26.0 Å². The van der Waals surface area contributed by atoms with Gasteiger partial charge in [0.05, 0.1) is 7.11 Å². The van der Waals surface area contributed by atoms with Crippen molar-refractivity contribution in [3.63, 3.8) is 0 Å². The van der Waals surface area contributed by atoms with Gasteiger partial charge < -0.3 is 25.4 Å². The number of hydrogen-bond acceptors (Lipinski definition) is 6. The van der Waals surface area contributed by atoms with Gasteiger partial charge in [0.2, 0.25) is 0 Å². The Morgan fingerprint density at radius 2 is 1.63 bits per heavy atom. The first-order valence-corrected chi connectivity index (χ1v) is 5.35. The Labute approximate surface area is 109 Å². The van der Waals surface area contributed by atoms with Crippen LogP contribution in [0.3, 0.4) is 0 Å². The normalized spacial score (nSPS) is 10.9. The minimum absolute atomic E-state index is 0.107. The fourth-order valence-electron chi connectivity index (χ4n) is 1.40. The molecule has 1 aromatic carbocycles. The molecule has 0 aliphatic heterocycles. The van der Waals surface area contributed by atoms with Crippen LogP contribution >= 0.6 is 0 Å². The van der Waals surface area contributed by atoms with Crippen molar-refractivity contribution in [2.75, 3.05) is 7.11 Å². The number of aromatic hydroxyl groups is 3. The second-order valence-corrected chi connectivity index (χ2v) is 4.43. The van der Waals surface area contributed by atoms with E-state index in [2.05, 4.69) is 10.1 Å². The van der Waals surface area contributed by atoms with Crippen LogP contribution in [-0.4, -0.2) is 39.8 Å². The molecule has 0 saturated carbocycles. The van der Waals surface area contributed by atoms with Crippen LogP contribution in [0.1, 0.15) is 24.2 Å². The minimum Gasteiger partial charge on any atom is -0.504 e. The summed E-state index contributed by atoms with van der Waals surface area (Å²) in [6.45, 7) is 2.88. The van der Waals surface area contributed by atoms with Crippen molar-refractivity contribution in [1.82, 2.24) is 5.32 Å². The average Bonchev–Trinajstić information content (AvgIpc) is 2.33. The van der Waals surface area contributed by atoms with Gasteiger partial charge in [0.15, 0.2) is 17.2 Å². The zero-order valence-electron chi connectivity index (χ0n) is 10.7. The molecule has 0 unspecified atom stereocenters. The number of carbonyl (C=O) groups excluding carboxylic acids is 2. The third-order valence-corrected chi connectivity index (χ3v) is 2.45. The van der Waals surface area contributed by atoms with E-state index in [0.717, 1.165) is 12.1 Å². The van der Waals surface area contributed by atoms with Gasteiger partial charge in [-0.3, -0.25) is 4.79 Å². The fourth-order valence-corrected chi connectivity index (χ4v) is 1.40. The topological polar surface area (TPSA) is 116 Å².